The minimum Gasteiger partial charge on any atom is -0.493 e. The first-order chi connectivity index (χ1) is 15.7. The fourth-order valence-electron chi connectivity index (χ4n) is 4.52. The molecular weight excluding hydrogens is 400 g/mol. The number of amides is 1. The van der Waals surface area contributed by atoms with E-state index in [1.54, 1.807) is 0 Å². The number of fused-ring (bicyclic) bond motifs is 2. The number of nitrogens with zero attached hydrogens (tertiary/aromatic N) is 3. The SMILES string of the molecule is O=C1CCc2ccc(OCCCN3CCN(Cc4ccc5ccccc5n4)CC3)cc2N1. The summed E-state index contributed by atoms with van der Waals surface area (Å²) < 4.78 is 5.94. The highest BCUT2D eigenvalue weighted by Crippen LogP contribution is 2.27. The van der Waals surface area contributed by atoms with Gasteiger partial charge in [-0.2, -0.15) is 0 Å². The average molecular weight is 431 g/mol. The van der Waals surface area contributed by atoms with Crippen molar-refractivity contribution in [2.24, 2.45) is 0 Å². The lowest BCUT2D eigenvalue weighted by Gasteiger charge is -2.34. The number of piperazine rings is 1. The van der Waals surface area contributed by atoms with Crippen LogP contribution in [0.5, 0.6) is 5.75 Å². The van der Waals surface area contributed by atoms with E-state index in [4.69, 9.17) is 9.72 Å². The van der Waals surface area contributed by atoms with Crippen molar-refractivity contribution in [3.8, 4) is 5.75 Å². The van der Waals surface area contributed by atoms with Crippen molar-refractivity contribution in [3.05, 3.63) is 65.9 Å². The second kappa shape index (κ2) is 9.67. The average Bonchev–Trinajstić information content (AvgIpc) is 2.82. The molecule has 0 aliphatic carbocycles. The van der Waals surface area contributed by atoms with Crippen LogP contribution in [0.25, 0.3) is 10.9 Å². The number of rotatable bonds is 7. The zero-order valence-corrected chi connectivity index (χ0v) is 18.4. The van der Waals surface area contributed by atoms with Gasteiger partial charge in [-0.3, -0.25) is 14.7 Å². The number of pyridine rings is 1. The number of anilines is 1. The Balaban J connectivity index is 1.03. The minimum atomic E-state index is 0.0881. The van der Waals surface area contributed by atoms with Gasteiger partial charge in [-0.25, -0.2) is 0 Å². The maximum Gasteiger partial charge on any atom is 0.224 e. The van der Waals surface area contributed by atoms with Crippen LogP contribution < -0.4 is 10.1 Å². The van der Waals surface area contributed by atoms with Gasteiger partial charge in [0.05, 0.1) is 17.8 Å². The van der Waals surface area contributed by atoms with Crippen molar-refractivity contribution >= 4 is 22.5 Å². The molecule has 1 N–H and O–H groups in total. The topological polar surface area (TPSA) is 57.7 Å². The van der Waals surface area contributed by atoms with Crippen molar-refractivity contribution in [1.29, 1.82) is 0 Å². The summed E-state index contributed by atoms with van der Waals surface area (Å²) in [6.45, 7) is 6.95. The first-order valence-corrected chi connectivity index (χ1v) is 11.6. The molecule has 2 aliphatic heterocycles. The van der Waals surface area contributed by atoms with Gasteiger partial charge in [-0.05, 0) is 36.6 Å². The largest absolute Gasteiger partial charge is 0.493 e. The predicted octanol–water partition coefficient (Wildman–Crippen LogP) is 3.71. The van der Waals surface area contributed by atoms with E-state index in [0.29, 0.717) is 13.0 Å². The zero-order valence-electron chi connectivity index (χ0n) is 18.4. The Morgan fingerprint density at radius 3 is 2.69 bits per heavy atom. The Bertz CT molecular complexity index is 1090. The zero-order chi connectivity index (χ0) is 21.8. The van der Waals surface area contributed by atoms with Crippen molar-refractivity contribution in [2.75, 3.05) is 44.6 Å². The van der Waals surface area contributed by atoms with E-state index in [1.807, 2.05) is 18.2 Å². The lowest BCUT2D eigenvalue weighted by molar-refractivity contribution is -0.116. The molecule has 32 heavy (non-hydrogen) atoms. The number of carbonyl (C=O) groups excluding carboxylic acids is 1. The Morgan fingerprint density at radius 1 is 0.938 bits per heavy atom. The molecule has 5 rings (SSSR count). The van der Waals surface area contributed by atoms with E-state index in [9.17, 15) is 4.79 Å². The number of aryl methyl sites for hydroxylation is 1. The summed E-state index contributed by atoms with van der Waals surface area (Å²) in [7, 11) is 0. The van der Waals surface area contributed by atoms with Crippen LogP contribution in [0.1, 0.15) is 24.1 Å². The second-order valence-electron chi connectivity index (χ2n) is 8.68. The molecule has 3 aromatic rings. The predicted molar refractivity (Wildman–Crippen MR) is 127 cm³/mol. The number of carbonyl (C=O) groups is 1. The summed E-state index contributed by atoms with van der Waals surface area (Å²) in [5.74, 6) is 0.920. The van der Waals surface area contributed by atoms with Crippen LogP contribution in [0.4, 0.5) is 5.69 Å². The van der Waals surface area contributed by atoms with Gasteiger partial charge in [0.15, 0.2) is 0 Å². The third kappa shape index (κ3) is 5.09. The van der Waals surface area contributed by atoms with Crippen molar-refractivity contribution in [2.45, 2.75) is 25.8 Å². The maximum atomic E-state index is 11.6. The van der Waals surface area contributed by atoms with Crippen LogP contribution in [0.3, 0.4) is 0 Å². The van der Waals surface area contributed by atoms with Crippen LogP contribution in [0.15, 0.2) is 54.6 Å². The second-order valence-corrected chi connectivity index (χ2v) is 8.68. The summed E-state index contributed by atoms with van der Waals surface area (Å²) in [6, 6.07) is 18.6. The summed E-state index contributed by atoms with van der Waals surface area (Å²) in [6.07, 6.45) is 2.37. The van der Waals surface area contributed by atoms with Crippen LogP contribution >= 0.6 is 0 Å². The summed E-state index contributed by atoms with van der Waals surface area (Å²) in [4.78, 5) is 21.4. The smallest absolute Gasteiger partial charge is 0.224 e. The van der Waals surface area contributed by atoms with Crippen molar-refractivity contribution < 1.29 is 9.53 Å². The Morgan fingerprint density at radius 2 is 1.78 bits per heavy atom. The van der Waals surface area contributed by atoms with Crippen molar-refractivity contribution in [1.82, 2.24) is 14.8 Å². The lowest BCUT2D eigenvalue weighted by Crippen LogP contribution is -2.46. The molecule has 0 spiro atoms. The van der Waals surface area contributed by atoms with Crippen LogP contribution in [-0.2, 0) is 17.8 Å². The Kier molecular flexibility index (Phi) is 6.32. The highest BCUT2D eigenvalue weighted by molar-refractivity contribution is 5.94. The number of benzene rings is 2. The molecule has 1 fully saturated rings. The number of aromatic nitrogens is 1. The highest BCUT2D eigenvalue weighted by Gasteiger charge is 2.18. The first-order valence-electron chi connectivity index (χ1n) is 11.6. The Labute approximate surface area is 189 Å². The van der Waals surface area contributed by atoms with E-state index < -0.39 is 0 Å². The monoisotopic (exact) mass is 430 g/mol. The molecule has 2 aliphatic rings. The van der Waals surface area contributed by atoms with Gasteiger partial charge < -0.3 is 15.0 Å². The maximum absolute atomic E-state index is 11.6. The third-order valence-corrected chi connectivity index (χ3v) is 6.37. The number of hydrogen-bond donors (Lipinski definition) is 1. The molecule has 0 bridgehead atoms. The molecule has 0 saturated carbocycles. The molecule has 3 heterocycles. The van der Waals surface area contributed by atoms with Crippen LogP contribution in [0, 0.1) is 0 Å². The molecule has 2 aromatic carbocycles. The molecule has 0 radical (unpaired) electrons. The van der Waals surface area contributed by atoms with Gasteiger partial charge in [0.25, 0.3) is 0 Å². The molecule has 1 saturated heterocycles. The summed E-state index contributed by atoms with van der Waals surface area (Å²) in [5, 5.41) is 4.13. The quantitative estimate of drug-likeness (QED) is 0.579. The highest BCUT2D eigenvalue weighted by atomic mass is 16.5. The molecule has 1 amide bonds. The first kappa shape index (κ1) is 20.9. The molecule has 0 atom stereocenters. The van der Waals surface area contributed by atoms with Gasteiger partial charge in [0.2, 0.25) is 5.91 Å². The van der Waals surface area contributed by atoms with Crippen LogP contribution in [-0.4, -0.2) is 60.0 Å². The third-order valence-electron chi connectivity index (χ3n) is 6.37. The Hall–Kier alpha value is -2.96. The number of hydrogen-bond acceptors (Lipinski definition) is 5. The van der Waals surface area contributed by atoms with E-state index >= 15 is 0 Å². The van der Waals surface area contributed by atoms with Gasteiger partial charge in [0.1, 0.15) is 5.75 Å². The molecule has 1 aromatic heterocycles. The van der Waals surface area contributed by atoms with E-state index in [0.717, 1.165) is 74.8 Å². The summed E-state index contributed by atoms with van der Waals surface area (Å²) >= 11 is 0. The number of nitrogens with one attached hydrogen (secondary N) is 1. The van der Waals surface area contributed by atoms with E-state index in [-0.39, 0.29) is 5.91 Å². The molecule has 6 heteroatoms. The minimum absolute atomic E-state index is 0.0881. The van der Waals surface area contributed by atoms with E-state index in [2.05, 4.69) is 51.5 Å². The molecule has 0 unspecified atom stereocenters. The van der Waals surface area contributed by atoms with Gasteiger partial charge in [-0.15, -0.1) is 0 Å². The van der Waals surface area contributed by atoms with Gasteiger partial charge in [-0.1, -0.05) is 30.3 Å². The van der Waals surface area contributed by atoms with Crippen LogP contribution in [0.2, 0.25) is 0 Å². The van der Waals surface area contributed by atoms with E-state index in [1.165, 1.54) is 10.9 Å². The molecule has 166 valence electrons. The lowest BCUT2D eigenvalue weighted by atomic mass is 10.0. The molecule has 6 nitrogen and oxygen atoms in total. The fraction of sp³-hybridized carbons (Fsp3) is 0.385. The standard InChI is InChI=1S/C26H30N4O2/c31-26-11-8-21-7-10-23(18-25(21)28-26)32-17-3-12-29-13-15-30(16-14-29)19-22-9-6-20-4-1-2-5-24(20)27-22/h1-2,4-7,9-10,18H,3,8,11-17,19H2,(H,28,31). The number of para-hydroxylation sites is 1. The van der Waals surface area contributed by atoms with Crippen molar-refractivity contribution in [3.63, 3.8) is 0 Å². The van der Waals surface area contributed by atoms with Gasteiger partial charge >= 0.3 is 0 Å². The number of ether oxygens (including phenoxy) is 1. The fourth-order valence-corrected chi connectivity index (χ4v) is 4.52. The summed E-state index contributed by atoms with van der Waals surface area (Å²) in [5.41, 5.74) is 4.31. The van der Waals surface area contributed by atoms with Gasteiger partial charge in [0, 0.05) is 62.8 Å². The normalized spacial score (nSPS) is 17.2. The molecular formula is C26H30N4O2.